The molecule has 1 heterocycles. The number of carbonyl (C=O) groups excluding carboxylic acids is 1. The van der Waals surface area contributed by atoms with Crippen LogP contribution in [0.1, 0.15) is 30.6 Å². The first-order valence-corrected chi connectivity index (χ1v) is 8.35. The molecule has 0 aromatic carbocycles. The maximum absolute atomic E-state index is 11.7. The van der Waals surface area contributed by atoms with Gasteiger partial charge in [0.25, 0.3) is 0 Å². The zero-order chi connectivity index (χ0) is 12.8. The van der Waals surface area contributed by atoms with Gasteiger partial charge >= 0.3 is 0 Å². The minimum atomic E-state index is -0.161. The summed E-state index contributed by atoms with van der Waals surface area (Å²) in [5.74, 6) is 1.56. The van der Waals surface area contributed by atoms with Gasteiger partial charge in [-0.3, -0.25) is 4.79 Å². The SMILES string of the molecule is O=C(CSCc1cccs1)NC1CCC(O)CC1. The first-order valence-electron chi connectivity index (χ1n) is 6.31. The van der Waals surface area contributed by atoms with Crippen molar-refractivity contribution >= 4 is 29.0 Å². The number of carbonyl (C=O) groups is 1. The number of hydrogen-bond donors (Lipinski definition) is 2. The monoisotopic (exact) mass is 285 g/mol. The Balaban J connectivity index is 1.60. The van der Waals surface area contributed by atoms with E-state index in [9.17, 15) is 9.90 Å². The molecule has 18 heavy (non-hydrogen) atoms. The van der Waals surface area contributed by atoms with Gasteiger partial charge in [0.2, 0.25) is 5.91 Å². The van der Waals surface area contributed by atoms with Crippen molar-refractivity contribution in [1.82, 2.24) is 5.32 Å². The molecule has 0 bridgehead atoms. The molecule has 0 atom stereocenters. The maximum atomic E-state index is 11.7. The fourth-order valence-corrected chi connectivity index (χ4v) is 3.81. The van der Waals surface area contributed by atoms with Gasteiger partial charge in [-0.2, -0.15) is 0 Å². The van der Waals surface area contributed by atoms with E-state index >= 15 is 0 Å². The summed E-state index contributed by atoms with van der Waals surface area (Å²) in [5, 5.41) is 14.5. The molecular formula is C13H19NO2S2. The molecule has 0 radical (unpaired) electrons. The molecule has 0 unspecified atom stereocenters. The van der Waals surface area contributed by atoms with E-state index in [0.717, 1.165) is 31.4 Å². The lowest BCUT2D eigenvalue weighted by Gasteiger charge is -2.26. The Morgan fingerprint density at radius 1 is 1.44 bits per heavy atom. The summed E-state index contributed by atoms with van der Waals surface area (Å²) in [6, 6.07) is 4.40. The van der Waals surface area contributed by atoms with Gasteiger partial charge < -0.3 is 10.4 Å². The van der Waals surface area contributed by atoms with Crippen molar-refractivity contribution in [3.63, 3.8) is 0 Å². The molecule has 5 heteroatoms. The molecule has 1 saturated carbocycles. The Kier molecular flexibility index (Phi) is 5.53. The van der Waals surface area contributed by atoms with Crippen LogP contribution in [-0.4, -0.2) is 28.9 Å². The number of thiophene rings is 1. The molecule has 1 aliphatic rings. The third-order valence-corrected chi connectivity index (χ3v) is 5.16. The number of aliphatic hydroxyl groups excluding tert-OH is 1. The maximum Gasteiger partial charge on any atom is 0.230 e. The lowest BCUT2D eigenvalue weighted by atomic mass is 9.93. The number of hydrogen-bond acceptors (Lipinski definition) is 4. The number of nitrogens with one attached hydrogen (secondary N) is 1. The van der Waals surface area contributed by atoms with Crippen molar-refractivity contribution in [3.8, 4) is 0 Å². The standard InChI is InChI=1S/C13H19NO2S2/c15-11-5-3-10(4-6-11)14-13(16)9-17-8-12-2-1-7-18-12/h1-2,7,10-11,15H,3-6,8-9H2,(H,14,16). The van der Waals surface area contributed by atoms with E-state index in [0.29, 0.717) is 5.75 Å². The van der Waals surface area contributed by atoms with Crippen LogP contribution in [0.25, 0.3) is 0 Å². The van der Waals surface area contributed by atoms with Crippen molar-refractivity contribution in [2.24, 2.45) is 0 Å². The molecule has 1 amide bonds. The molecule has 1 aliphatic carbocycles. The highest BCUT2D eigenvalue weighted by Crippen LogP contribution is 2.19. The van der Waals surface area contributed by atoms with Crippen LogP contribution >= 0.6 is 23.1 Å². The predicted molar refractivity (Wildman–Crippen MR) is 76.9 cm³/mol. The number of aliphatic hydroxyl groups is 1. The second-order valence-corrected chi connectivity index (χ2v) is 6.66. The zero-order valence-electron chi connectivity index (χ0n) is 10.3. The first kappa shape index (κ1) is 13.9. The van der Waals surface area contributed by atoms with Crippen LogP contribution in [0, 0.1) is 0 Å². The minimum Gasteiger partial charge on any atom is -0.393 e. The third-order valence-electron chi connectivity index (χ3n) is 3.12. The molecule has 0 saturated heterocycles. The van der Waals surface area contributed by atoms with E-state index in [2.05, 4.69) is 16.8 Å². The van der Waals surface area contributed by atoms with Gasteiger partial charge in [0, 0.05) is 16.7 Å². The summed E-state index contributed by atoms with van der Waals surface area (Å²) in [4.78, 5) is 13.0. The molecule has 100 valence electrons. The van der Waals surface area contributed by atoms with Gasteiger partial charge in [-0.25, -0.2) is 0 Å². The summed E-state index contributed by atoms with van der Waals surface area (Å²) in [6.45, 7) is 0. The zero-order valence-corrected chi connectivity index (χ0v) is 11.9. The second-order valence-electron chi connectivity index (χ2n) is 4.65. The van der Waals surface area contributed by atoms with Gasteiger partial charge in [-0.05, 0) is 37.1 Å². The smallest absolute Gasteiger partial charge is 0.230 e. The van der Waals surface area contributed by atoms with Crippen LogP contribution in [0.5, 0.6) is 0 Å². The van der Waals surface area contributed by atoms with Crippen molar-refractivity contribution in [2.75, 3.05) is 5.75 Å². The van der Waals surface area contributed by atoms with Gasteiger partial charge in [0.1, 0.15) is 0 Å². The highest BCUT2D eigenvalue weighted by atomic mass is 32.2. The largest absolute Gasteiger partial charge is 0.393 e. The van der Waals surface area contributed by atoms with E-state index in [1.165, 1.54) is 4.88 Å². The van der Waals surface area contributed by atoms with E-state index in [1.54, 1.807) is 23.1 Å². The van der Waals surface area contributed by atoms with Crippen LogP contribution in [0.3, 0.4) is 0 Å². The third kappa shape index (κ3) is 4.63. The van der Waals surface area contributed by atoms with Crippen molar-refractivity contribution in [2.45, 2.75) is 43.6 Å². The molecule has 2 rings (SSSR count). The summed E-state index contributed by atoms with van der Waals surface area (Å²) in [7, 11) is 0. The Labute approximate surface area is 116 Å². The van der Waals surface area contributed by atoms with Crippen molar-refractivity contribution < 1.29 is 9.90 Å². The topological polar surface area (TPSA) is 49.3 Å². The lowest BCUT2D eigenvalue weighted by Crippen LogP contribution is -2.39. The molecule has 3 nitrogen and oxygen atoms in total. The van der Waals surface area contributed by atoms with Crippen LogP contribution in [0.4, 0.5) is 0 Å². The first-order chi connectivity index (χ1) is 8.74. The summed E-state index contributed by atoms with van der Waals surface area (Å²) < 4.78 is 0. The van der Waals surface area contributed by atoms with Gasteiger partial charge in [-0.1, -0.05) is 6.07 Å². The molecule has 1 fully saturated rings. The quantitative estimate of drug-likeness (QED) is 0.873. The fourth-order valence-electron chi connectivity index (χ4n) is 2.13. The fraction of sp³-hybridized carbons (Fsp3) is 0.615. The molecule has 0 spiro atoms. The Morgan fingerprint density at radius 3 is 2.89 bits per heavy atom. The molecular weight excluding hydrogens is 266 g/mol. The highest BCUT2D eigenvalue weighted by molar-refractivity contribution is 7.99. The van der Waals surface area contributed by atoms with Crippen LogP contribution < -0.4 is 5.32 Å². The lowest BCUT2D eigenvalue weighted by molar-refractivity contribution is -0.119. The average Bonchev–Trinajstić information content (AvgIpc) is 2.85. The second kappa shape index (κ2) is 7.16. The van der Waals surface area contributed by atoms with Crippen LogP contribution in [-0.2, 0) is 10.5 Å². The number of thioether (sulfide) groups is 1. The van der Waals surface area contributed by atoms with Crippen molar-refractivity contribution in [3.05, 3.63) is 22.4 Å². The van der Waals surface area contributed by atoms with E-state index in [4.69, 9.17) is 0 Å². The summed E-state index contributed by atoms with van der Waals surface area (Å²) >= 11 is 3.39. The number of rotatable bonds is 5. The minimum absolute atomic E-state index is 0.123. The van der Waals surface area contributed by atoms with Crippen LogP contribution in [0.15, 0.2) is 17.5 Å². The average molecular weight is 285 g/mol. The van der Waals surface area contributed by atoms with E-state index in [1.807, 2.05) is 6.07 Å². The van der Waals surface area contributed by atoms with Gasteiger partial charge in [-0.15, -0.1) is 23.1 Å². The Morgan fingerprint density at radius 2 is 2.22 bits per heavy atom. The molecule has 1 aromatic rings. The summed E-state index contributed by atoms with van der Waals surface area (Å²) in [6.07, 6.45) is 3.28. The molecule has 2 N–H and O–H groups in total. The predicted octanol–water partition coefficient (Wildman–Crippen LogP) is 2.40. The number of amides is 1. The van der Waals surface area contributed by atoms with Crippen LogP contribution in [0.2, 0.25) is 0 Å². The van der Waals surface area contributed by atoms with E-state index < -0.39 is 0 Å². The normalized spacial score (nSPS) is 23.8. The molecule has 0 aliphatic heterocycles. The highest BCUT2D eigenvalue weighted by Gasteiger charge is 2.20. The van der Waals surface area contributed by atoms with Gasteiger partial charge in [0.15, 0.2) is 0 Å². The Bertz CT molecular complexity index is 359. The molecule has 1 aromatic heterocycles. The van der Waals surface area contributed by atoms with Crippen molar-refractivity contribution in [1.29, 1.82) is 0 Å². The van der Waals surface area contributed by atoms with E-state index in [-0.39, 0.29) is 18.1 Å². The summed E-state index contributed by atoms with van der Waals surface area (Å²) in [5.41, 5.74) is 0. The van der Waals surface area contributed by atoms with Gasteiger partial charge in [0.05, 0.1) is 11.9 Å². The Hall–Kier alpha value is -0.520.